The zero-order chi connectivity index (χ0) is 30.0. The number of nitrogens with one attached hydrogen (secondary N) is 3. The number of H-pyrrole nitrogens is 1. The number of hydrogen-bond acceptors (Lipinski definition) is 6. The summed E-state index contributed by atoms with van der Waals surface area (Å²) in [6.45, 7) is 7.34. The van der Waals surface area contributed by atoms with E-state index in [9.17, 15) is 18.8 Å². The molecule has 0 saturated heterocycles. The lowest BCUT2D eigenvalue weighted by Crippen LogP contribution is -2.40. The zero-order valence-electron chi connectivity index (χ0n) is 23.8. The van der Waals surface area contributed by atoms with Crippen LogP contribution >= 0.6 is 11.9 Å². The number of rotatable bonds is 7. The Labute approximate surface area is 246 Å². The second kappa shape index (κ2) is 12.1. The normalized spacial score (nSPS) is 12.5. The van der Waals surface area contributed by atoms with Gasteiger partial charge in [0.15, 0.2) is 0 Å². The van der Waals surface area contributed by atoms with Crippen LogP contribution in [0.1, 0.15) is 43.9 Å². The van der Waals surface area contributed by atoms with Gasteiger partial charge >= 0.3 is 5.69 Å². The van der Waals surface area contributed by atoms with Gasteiger partial charge in [-0.1, -0.05) is 44.2 Å². The van der Waals surface area contributed by atoms with E-state index >= 15 is 0 Å². The highest BCUT2D eigenvalue weighted by atomic mass is 32.2. The number of aromatic nitrogens is 3. The van der Waals surface area contributed by atoms with Crippen molar-refractivity contribution in [2.45, 2.75) is 51.5 Å². The molecular formula is C32H32FN5O3S. The molecule has 5 aromatic rings. The predicted octanol–water partition coefficient (Wildman–Crippen LogP) is 6.82. The van der Waals surface area contributed by atoms with Crippen molar-refractivity contribution in [2.75, 3.05) is 10.0 Å². The maximum Gasteiger partial charge on any atom is 0.336 e. The number of nitrogens with zero attached hydrogens (tertiary/aromatic N) is 2. The molecule has 10 heteroatoms. The highest BCUT2D eigenvalue weighted by molar-refractivity contribution is 8.00. The second-order valence-corrected chi connectivity index (χ2v) is 10.8. The number of aryl methyl sites for hydroxylation is 2. The molecule has 0 atom stereocenters. The fourth-order valence-electron chi connectivity index (χ4n) is 4.74. The first-order valence-electron chi connectivity index (χ1n) is 13.9. The van der Waals surface area contributed by atoms with Crippen LogP contribution < -0.4 is 26.8 Å². The van der Waals surface area contributed by atoms with Crippen LogP contribution in [0.25, 0.3) is 16.6 Å². The molecule has 0 aliphatic heterocycles. The average molecular weight is 586 g/mol. The van der Waals surface area contributed by atoms with Crippen molar-refractivity contribution in [1.29, 1.82) is 0 Å². The first-order valence-corrected chi connectivity index (χ1v) is 14.7. The van der Waals surface area contributed by atoms with Gasteiger partial charge in [0, 0.05) is 22.2 Å². The highest BCUT2D eigenvalue weighted by Crippen LogP contribution is 2.34. The summed E-state index contributed by atoms with van der Waals surface area (Å²) in [6, 6.07) is 21.4. The molecule has 2 aromatic heterocycles. The minimum atomic E-state index is -0.528. The maximum absolute atomic E-state index is 14.8. The summed E-state index contributed by atoms with van der Waals surface area (Å²) < 4.78 is 20.7. The van der Waals surface area contributed by atoms with Gasteiger partial charge in [-0.2, -0.15) is 0 Å². The number of benzene rings is 3. The van der Waals surface area contributed by atoms with Gasteiger partial charge in [-0.25, -0.2) is 9.18 Å². The third-order valence-corrected chi connectivity index (χ3v) is 7.75. The molecule has 0 unspecified atom stereocenters. The third kappa shape index (κ3) is 5.62. The van der Waals surface area contributed by atoms with Gasteiger partial charge in [-0.05, 0) is 86.7 Å². The van der Waals surface area contributed by atoms with Gasteiger partial charge in [0.1, 0.15) is 17.0 Å². The average Bonchev–Trinajstić information content (AvgIpc) is 3.83. The molecule has 3 aromatic carbocycles. The van der Waals surface area contributed by atoms with Crippen LogP contribution in [-0.2, 0) is 0 Å². The van der Waals surface area contributed by atoms with Crippen molar-refractivity contribution < 1.29 is 4.39 Å². The van der Waals surface area contributed by atoms with E-state index in [1.54, 1.807) is 44.2 Å². The van der Waals surface area contributed by atoms with Crippen LogP contribution in [0.15, 0.2) is 92.1 Å². The van der Waals surface area contributed by atoms with Gasteiger partial charge in [0.25, 0.3) is 11.1 Å². The van der Waals surface area contributed by atoms with E-state index in [0.29, 0.717) is 18.5 Å². The van der Waals surface area contributed by atoms with E-state index in [1.807, 2.05) is 50.2 Å². The van der Waals surface area contributed by atoms with Crippen LogP contribution in [0, 0.1) is 19.7 Å². The van der Waals surface area contributed by atoms with Crippen LogP contribution in [0.2, 0.25) is 0 Å². The lowest BCUT2D eigenvalue weighted by Gasteiger charge is -2.19. The Morgan fingerprint density at radius 3 is 2.36 bits per heavy atom. The summed E-state index contributed by atoms with van der Waals surface area (Å²) in [7, 11) is 0. The van der Waals surface area contributed by atoms with E-state index in [4.69, 9.17) is 0 Å². The van der Waals surface area contributed by atoms with Gasteiger partial charge in [-0.3, -0.25) is 18.7 Å². The Morgan fingerprint density at radius 2 is 1.67 bits per heavy atom. The van der Waals surface area contributed by atoms with E-state index in [-0.39, 0.29) is 34.0 Å². The van der Waals surface area contributed by atoms with E-state index < -0.39 is 22.6 Å². The Bertz CT molecular complexity index is 1950. The van der Waals surface area contributed by atoms with Crippen LogP contribution in [0.5, 0.6) is 0 Å². The number of pyridine rings is 1. The number of halogens is 1. The minimum absolute atomic E-state index is 0.0374. The van der Waals surface area contributed by atoms with Crippen molar-refractivity contribution in [1.82, 2.24) is 14.1 Å². The van der Waals surface area contributed by atoms with Crippen molar-refractivity contribution in [3.05, 3.63) is 121 Å². The SMILES string of the molecule is CC.Cc1ccc(Nc2[nH]c(=O)c(C)c3c2c(=O)n(C2CC2)c(=O)n3-c2cccc(NSc3ccccc3)c2)c(F)c1. The molecule has 0 spiro atoms. The predicted molar refractivity (Wildman–Crippen MR) is 169 cm³/mol. The molecule has 1 aliphatic rings. The monoisotopic (exact) mass is 585 g/mol. The molecule has 216 valence electrons. The van der Waals surface area contributed by atoms with Crippen molar-refractivity contribution in [2.24, 2.45) is 0 Å². The fraction of sp³-hybridized carbons (Fsp3) is 0.219. The third-order valence-electron chi connectivity index (χ3n) is 6.91. The van der Waals surface area contributed by atoms with Crippen LogP contribution in [0.4, 0.5) is 21.6 Å². The Hall–Kier alpha value is -4.57. The van der Waals surface area contributed by atoms with Crippen LogP contribution in [-0.4, -0.2) is 14.1 Å². The summed E-state index contributed by atoms with van der Waals surface area (Å²) >= 11 is 1.42. The minimum Gasteiger partial charge on any atom is -0.339 e. The van der Waals surface area contributed by atoms with Crippen molar-refractivity contribution >= 4 is 40.0 Å². The molecule has 8 nitrogen and oxygen atoms in total. The zero-order valence-corrected chi connectivity index (χ0v) is 24.6. The van der Waals surface area contributed by atoms with Gasteiger partial charge in [-0.15, -0.1) is 0 Å². The fourth-order valence-corrected chi connectivity index (χ4v) is 5.40. The van der Waals surface area contributed by atoms with Crippen molar-refractivity contribution in [3.63, 3.8) is 0 Å². The molecule has 1 aliphatic carbocycles. The number of fused-ring (bicyclic) bond motifs is 1. The van der Waals surface area contributed by atoms with Crippen LogP contribution in [0.3, 0.4) is 0 Å². The molecule has 0 radical (unpaired) electrons. The molecule has 42 heavy (non-hydrogen) atoms. The summed E-state index contributed by atoms with van der Waals surface area (Å²) in [5.41, 5.74) is 0.907. The van der Waals surface area contributed by atoms with E-state index in [2.05, 4.69) is 15.0 Å². The standard InChI is InChI=1S/C30H26FN5O3S.C2H6/c1-17-11-14-24(23(31)15-17)32-27-25-26(18(2)28(37)33-27)35(30(39)36(29(25)38)20-12-13-20)21-8-6-7-19(16-21)34-40-22-9-4-3-5-10-22;1-2/h3-11,14-16,20,34H,12-13H2,1-2H3,(H2,32,33,37);1-2H3. The second-order valence-electron chi connectivity index (χ2n) is 9.88. The van der Waals surface area contributed by atoms with E-state index in [0.717, 1.165) is 16.1 Å². The molecule has 1 saturated carbocycles. The van der Waals surface area contributed by atoms with E-state index in [1.165, 1.54) is 27.1 Å². The number of anilines is 3. The molecule has 0 bridgehead atoms. The Balaban J connectivity index is 0.00000173. The maximum atomic E-state index is 14.8. The van der Waals surface area contributed by atoms with Gasteiger partial charge < -0.3 is 15.0 Å². The quantitative estimate of drug-likeness (QED) is 0.181. The largest absolute Gasteiger partial charge is 0.339 e. The lowest BCUT2D eigenvalue weighted by molar-refractivity contribution is 0.630. The summed E-state index contributed by atoms with van der Waals surface area (Å²) in [5.74, 6) is -0.490. The lowest BCUT2D eigenvalue weighted by atomic mass is 10.1. The number of hydrogen-bond donors (Lipinski definition) is 3. The molecule has 3 N–H and O–H groups in total. The molecule has 1 fully saturated rings. The topological polar surface area (TPSA) is 101 Å². The summed E-state index contributed by atoms with van der Waals surface area (Å²) in [6.07, 6.45) is 1.40. The number of aromatic amines is 1. The molecule has 6 rings (SSSR count). The Kier molecular flexibility index (Phi) is 8.35. The first kappa shape index (κ1) is 28.9. The smallest absolute Gasteiger partial charge is 0.336 e. The van der Waals surface area contributed by atoms with Crippen molar-refractivity contribution in [3.8, 4) is 5.69 Å². The summed E-state index contributed by atoms with van der Waals surface area (Å²) in [4.78, 5) is 44.6. The molecule has 0 amide bonds. The summed E-state index contributed by atoms with van der Waals surface area (Å²) in [5, 5.41) is 3.02. The first-order chi connectivity index (χ1) is 20.3. The molecular weight excluding hydrogens is 553 g/mol. The van der Waals surface area contributed by atoms with Gasteiger partial charge in [0.2, 0.25) is 0 Å². The Morgan fingerprint density at radius 1 is 0.929 bits per heavy atom. The highest BCUT2D eigenvalue weighted by Gasteiger charge is 2.31. The molecule has 2 heterocycles. The van der Waals surface area contributed by atoms with Gasteiger partial charge in [0.05, 0.1) is 16.9 Å².